The van der Waals surface area contributed by atoms with Crippen LogP contribution >= 0.6 is 33.0 Å². The molecular weight excluding hydrogens is 500 g/mol. The minimum absolute atomic E-state index is 0. The van der Waals surface area contributed by atoms with E-state index in [2.05, 4.69) is 15.5 Å². The monoisotopic (exact) mass is 524 g/mol. The Hall–Kier alpha value is 4.64. The average molecular weight is 524 g/mol. The molecule has 0 aromatic rings. The van der Waals surface area contributed by atoms with Gasteiger partial charge in [-0.15, -0.1) is 0 Å². The largest absolute Gasteiger partial charge is 1.00 e. The summed E-state index contributed by atoms with van der Waals surface area (Å²) in [5.41, 5.74) is 0. The zero-order chi connectivity index (χ0) is 19.4. The Morgan fingerprint density at radius 3 is 1.04 bits per heavy atom. The van der Waals surface area contributed by atoms with Crippen LogP contribution in [0.2, 0.25) is 0 Å². The van der Waals surface area contributed by atoms with Crippen molar-refractivity contribution in [3.8, 4) is 0 Å². The molecule has 0 radical (unpaired) electrons. The van der Waals surface area contributed by atoms with E-state index in [0.29, 0.717) is 6.61 Å². The summed E-state index contributed by atoms with van der Waals surface area (Å²) in [5, 5.41) is 8.47. The number of unbranched alkanes of at least 4 members (excludes halogenated alkanes) is 6. The first-order valence-corrected chi connectivity index (χ1v) is 11.9. The minimum Gasteiger partial charge on any atom is -0.781 e. The zero-order valence-electron chi connectivity index (χ0n) is 17.2. The summed E-state index contributed by atoms with van der Waals surface area (Å²) in [6.45, 7) is 2.60. The number of aliphatic hydroxyl groups is 1. The van der Waals surface area contributed by atoms with Gasteiger partial charge in [-0.05, 0) is 6.42 Å². The Balaban J connectivity index is -0.0000000450. The quantitative estimate of drug-likeness (QED) is 0.153. The van der Waals surface area contributed by atoms with E-state index in [0.717, 1.165) is 6.42 Å². The predicted molar refractivity (Wildman–Crippen MR) is 83.3 cm³/mol. The molecule has 0 saturated heterocycles. The van der Waals surface area contributed by atoms with E-state index in [9.17, 15) is 37.8 Å². The fourth-order valence-electron chi connectivity index (χ4n) is 1.20. The Bertz CT molecular complexity index is 324. The molecule has 150 valence electrons. The van der Waals surface area contributed by atoms with Gasteiger partial charge in [0.05, 0.1) is 0 Å². The van der Waals surface area contributed by atoms with Crippen LogP contribution in [0.3, 0.4) is 0 Å². The summed E-state index contributed by atoms with van der Waals surface area (Å²) in [6.07, 6.45) is 8.93. The molecule has 0 aliphatic carbocycles. The first-order valence-electron chi connectivity index (χ1n) is 6.97. The maximum atomic E-state index is 9.29. The molecule has 0 fully saturated rings. The van der Waals surface area contributed by atoms with Crippen LogP contribution in [-0.2, 0) is 26.9 Å². The molecule has 0 aromatic heterocycles. The maximum Gasteiger partial charge on any atom is 1.00 e. The molecule has 0 saturated carbocycles. The Kier molecular flexibility index (Phi) is 74.3. The van der Waals surface area contributed by atoms with E-state index in [4.69, 9.17) is 5.11 Å². The molecule has 0 aliphatic heterocycles. The summed E-state index contributed by atoms with van der Waals surface area (Å²) >= 11 is 0. The molecule has 0 amide bonds. The Morgan fingerprint density at radius 2 is 0.857 bits per heavy atom. The van der Waals surface area contributed by atoms with Crippen LogP contribution in [0, 0.1) is 0 Å². The molecule has 0 aromatic carbocycles. The molecular formula is C9H24Na4O11P4. The van der Waals surface area contributed by atoms with Gasteiger partial charge in [-0.25, -0.2) is 0 Å². The van der Waals surface area contributed by atoms with Crippen molar-refractivity contribution in [1.29, 1.82) is 0 Å². The molecule has 0 aliphatic rings. The van der Waals surface area contributed by atoms with Gasteiger partial charge in [0.1, 0.15) is 33.0 Å². The second kappa shape index (κ2) is 41.9. The maximum absolute atomic E-state index is 9.29. The second-order valence-corrected chi connectivity index (χ2v) is 7.68. The van der Waals surface area contributed by atoms with Gasteiger partial charge < -0.3 is 42.9 Å². The van der Waals surface area contributed by atoms with Gasteiger partial charge in [-0.2, -0.15) is 0 Å². The molecule has 4 unspecified atom stereocenters. The number of hydrogen-bond donors (Lipinski definition) is 1. The van der Waals surface area contributed by atoms with Gasteiger partial charge in [0, 0.05) is 6.61 Å². The minimum atomic E-state index is -3.51. The van der Waals surface area contributed by atoms with E-state index < -0.39 is 33.0 Å². The molecule has 0 bridgehead atoms. The number of aliphatic hydroxyl groups excluding tert-OH is 1. The summed E-state index contributed by atoms with van der Waals surface area (Å²) in [4.78, 5) is 37.1. The second-order valence-electron chi connectivity index (χ2n) is 4.05. The summed E-state index contributed by atoms with van der Waals surface area (Å²) in [6, 6.07) is 0. The topological polar surface area (TPSA) is 199 Å². The fourth-order valence-corrected chi connectivity index (χ4v) is 2.29. The van der Waals surface area contributed by atoms with E-state index in [-0.39, 0.29) is 118 Å². The average Bonchev–Trinajstić information content (AvgIpc) is 2.41. The standard InChI is InChI=1S/C9H20O.4Na.2H4O5P2/c1-2-3-4-5-6-7-8-9-10;;;;;2*1-6(2)5-7(3)4/h10H,2-9H2,1H3;;;;;2*6-7H,(H,1,2)(H,3,4)/q;4*+1;;/p-4. The van der Waals surface area contributed by atoms with Crippen LogP contribution in [0.1, 0.15) is 51.9 Å². The molecule has 19 heteroatoms. The summed E-state index contributed by atoms with van der Waals surface area (Å²) < 4.78 is 43.6. The SMILES string of the molecule is CCCCCCCCCO.O=[PH]([O-])O[PH](=O)[O-].O=[PH]([O-])O[PH](=O)[O-].[Na+].[Na+].[Na+].[Na+]. The van der Waals surface area contributed by atoms with Gasteiger partial charge >= 0.3 is 118 Å². The van der Waals surface area contributed by atoms with Crippen molar-refractivity contribution in [1.82, 2.24) is 0 Å². The van der Waals surface area contributed by atoms with Crippen LogP contribution < -0.4 is 138 Å². The summed E-state index contributed by atoms with van der Waals surface area (Å²) in [7, 11) is -14.1. The van der Waals surface area contributed by atoms with Crippen molar-refractivity contribution in [2.24, 2.45) is 0 Å². The Morgan fingerprint density at radius 1 is 0.607 bits per heavy atom. The van der Waals surface area contributed by atoms with Crippen LogP contribution in [0.4, 0.5) is 0 Å². The van der Waals surface area contributed by atoms with Gasteiger partial charge in [0.25, 0.3) is 0 Å². The normalized spacial score (nSPS) is 12.9. The molecule has 28 heavy (non-hydrogen) atoms. The van der Waals surface area contributed by atoms with Gasteiger partial charge in [-0.1, -0.05) is 45.4 Å². The van der Waals surface area contributed by atoms with Gasteiger partial charge in [0.2, 0.25) is 0 Å². The van der Waals surface area contributed by atoms with E-state index in [1.165, 1.54) is 38.5 Å². The van der Waals surface area contributed by atoms with E-state index in [1.807, 2.05) is 0 Å². The fraction of sp³-hybridized carbons (Fsp3) is 1.00. The van der Waals surface area contributed by atoms with E-state index in [1.54, 1.807) is 0 Å². The van der Waals surface area contributed by atoms with Crippen LogP contribution in [0.25, 0.3) is 0 Å². The molecule has 11 nitrogen and oxygen atoms in total. The number of hydrogen-bond acceptors (Lipinski definition) is 11. The molecule has 0 spiro atoms. The Labute approximate surface area is 257 Å². The third-order valence-corrected chi connectivity index (χ3v) is 4.76. The van der Waals surface area contributed by atoms with Crippen LogP contribution in [0.5, 0.6) is 0 Å². The zero-order valence-corrected chi connectivity index (χ0v) is 29.2. The van der Waals surface area contributed by atoms with Crippen molar-refractivity contribution in [2.75, 3.05) is 6.61 Å². The molecule has 0 rings (SSSR count). The first-order chi connectivity index (χ1) is 11.2. The van der Waals surface area contributed by atoms with Crippen molar-refractivity contribution in [3.05, 3.63) is 0 Å². The van der Waals surface area contributed by atoms with Crippen molar-refractivity contribution >= 4 is 33.0 Å². The smallest absolute Gasteiger partial charge is 0.781 e. The van der Waals surface area contributed by atoms with Crippen molar-refractivity contribution in [2.45, 2.75) is 51.9 Å². The van der Waals surface area contributed by atoms with Crippen LogP contribution in [0.15, 0.2) is 0 Å². The predicted octanol–water partition coefficient (Wildman–Crippen LogP) is -12.2. The number of rotatable bonds is 11. The third kappa shape index (κ3) is 69.8. The molecule has 0 heterocycles. The van der Waals surface area contributed by atoms with Crippen molar-refractivity contribution < 1.29 is 170 Å². The van der Waals surface area contributed by atoms with Crippen molar-refractivity contribution in [3.63, 3.8) is 0 Å². The van der Waals surface area contributed by atoms with Crippen LogP contribution in [-0.4, -0.2) is 11.7 Å². The van der Waals surface area contributed by atoms with Gasteiger partial charge in [-0.3, -0.25) is 8.62 Å². The third-order valence-electron chi connectivity index (χ3n) is 2.10. The van der Waals surface area contributed by atoms with E-state index >= 15 is 0 Å². The summed E-state index contributed by atoms with van der Waals surface area (Å²) in [5.74, 6) is 0. The molecule has 1 N–H and O–H groups in total. The molecule has 4 atom stereocenters. The first kappa shape index (κ1) is 49.7. The van der Waals surface area contributed by atoms with Gasteiger partial charge in [0.15, 0.2) is 0 Å².